The van der Waals surface area contributed by atoms with E-state index in [-0.39, 0.29) is 11.8 Å². The molecule has 0 saturated carbocycles. The van der Waals surface area contributed by atoms with Gasteiger partial charge in [-0.05, 0) is 0 Å². The first-order valence-electron chi connectivity index (χ1n) is 7.49. The van der Waals surface area contributed by atoms with Gasteiger partial charge in [0.1, 0.15) is 17.9 Å². The number of hydrogen-bond acceptors (Lipinski definition) is 14. The van der Waals surface area contributed by atoms with E-state index in [1.807, 2.05) is 0 Å². The van der Waals surface area contributed by atoms with Gasteiger partial charge in [0, 0.05) is 0 Å². The topological polar surface area (TPSA) is 327 Å². The van der Waals surface area contributed by atoms with E-state index in [2.05, 4.69) is 28.4 Å². The lowest BCUT2D eigenvalue weighted by atomic mass is 10.1. The minimum Gasteiger partial charge on any atom is -0.391 e. The molecule has 1 rings (SSSR count). The fourth-order valence-corrected chi connectivity index (χ4v) is 4.73. The number of carbonyl (C=O) groups is 1. The van der Waals surface area contributed by atoms with Gasteiger partial charge in [-0.15, -0.1) is 0 Å². The molecule has 0 spiro atoms. The zero-order valence-corrected chi connectivity index (χ0v) is 17.6. The van der Waals surface area contributed by atoms with E-state index < -0.39 is 65.9 Å². The third-order valence-electron chi connectivity index (χ3n) is 2.92. The number of nitrogens with one attached hydrogen (secondary N) is 2. The van der Waals surface area contributed by atoms with Crippen molar-refractivity contribution in [2.45, 2.75) is 12.2 Å². The van der Waals surface area contributed by atoms with Crippen molar-refractivity contribution in [1.29, 1.82) is 0 Å². The quantitative estimate of drug-likeness (QED) is 0.124. The number of anilines is 3. The van der Waals surface area contributed by atoms with E-state index in [1.165, 1.54) is 0 Å². The van der Waals surface area contributed by atoms with Crippen LogP contribution in [0.25, 0.3) is 0 Å². The van der Waals surface area contributed by atoms with Crippen LogP contribution >= 0.6 is 23.5 Å². The minimum absolute atomic E-state index is 0.315. The minimum atomic E-state index is -5.78. The number of H-pyrrole nitrogens is 1. The van der Waals surface area contributed by atoms with E-state index in [0.29, 0.717) is 0 Å². The molecule has 19 nitrogen and oxygen atoms in total. The summed E-state index contributed by atoms with van der Waals surface area (Å²) in [4.78, 5) is 64.0. The third kappa shape index (κ3) is 9.53. The van der Waals surface area contributed by atoms with Gasteiger partial charge in [0.05, 0.1) is 13.2 Å². The summed E-state index contributed by atoms with van der Waals surface area (Å²) in [6.07, 6.45) is -4.44. The van der Waals surface area contributed by atoms with Gasteiger partial charge in [-0.25, -0.2) is 13.7 Å². The SMILES string of the molecule is Nc1nc(NCC(=O)C(O)C(O)COP(=O)(O)OP(=O)(O)OP(=O)(O)O)c(N)c(=O)[nH]1. The van der Waals surface area contributed by atoms with Crippen LogP contribution in [-0.2, 0) is 31.6 Å². The average Bonchev–Trinajstić information content (AvgIpc) is 2.57. The number of hydrogen-bond donors (Lipinski definition) is 10. The number of aromatic nitrogens is 2. The number of aliphatic hydroxyl groups excluding tert-OH is 2. The summed E-state index contributed by atoms with van der Waals surface area (Å²) in [7, 11) is -16.9. The van der Waals surface area contributed by atoms with Gasteiger partial charge < -0.3 is 46.6 Å². The molecule has 1 aromatic rings. The second kappa shape index (κ2) is 10.3. The maximum atomic E-state index is 11.9. The molecule has 0 saturated heterocycles. The number of phosphoric ester groups is 1. The summed E-state index contributed by atoms with van der Waals surface area (Å²) in [5.41, 5.74) is 9.45. The molecular formula is C9H18N5O14P3. The average molecular weight is 513 g/mol. The smallest absolute Gasteiger partial charge is 0.391 e. The summed E-state index contributed by atoms with van der Waals surface area (Å²) in [5, 5.41) is 21.6. The number of aromatic amines is 1. The maximum absolute atomic E-state index is 11.9. The molecule has 31 heavy (non-hydrogen) atoms. The van der Waals surface area contributed by atoms with Crippen molar-refractivity contribution in [1.82, 2.24) is 9.97 Å². The molecule has 0 aromatic carbocycles. The van der Waals surface area contributed by atoms with Crippen molar-refractivity contribution in [3.05, 3.63) is 10.4 Å². The first-order valence-corrected chi connectivity index (χ1v) is 12.0. The van der Waals surface area contributed by atoms with Gasteiger partial charge in [-0.2, -0.15) is 13.6 Å². The Morgan fingerprint density at radius 3 is 2.23 bits per heavy atom. The van der Waals surface area contributed by atoms with Crippen LogP contribution in [0.1, 0.15) is 0 Å². The predicted octanol–water partition coefficient (Wildman–Crippen LogP) is -3.02. The second-order valence-electron chi connectivity index (χ2n) is 5.43. The molecule has 0 aliphatic carbocycles. The van der Waals surface area contributed by atoms with Crippen molar-refractivity contribution in [2.75, 3.05) is 29.9 Å². The van der Waals surface area contributed by atoms with E-state index in [9.17, 15) is 38.4 Å². The molecule has 4 atom stereocenters. The summed E-state index contributed by atoms with van der Waals surface area (Å²) >= 11 is 0. The second-order valence-corrected chi connectivity index (χ2v) is 9.85. The lowest BCUT2D eigenvalue weighted by Gasteiger charge is -2.20. The maximum Gasteiger partial charge on any atom is 0.490 e. The van der Waals surface area contributed by atoms with Crippen LogP contribution in [0.15, 0.2) is 4.79 Å². The number of nitrogens with two attached hydrogens (primary N) is 2. The molecule has 12 N–H and O–H groups in total. The Balaban J connectivity index is 2.65. The van der Waals surface area contributed by atoms with Crippen LogP contribution in [0, 0.1) is 0 Å². The van der Waals surface area contributed by atoms with Crippen molar-refractivity contribution in [3.63, 3.8) is 0 Å². The Labute approximate surface area is 171 Å². The van der Waals surface area contributed by atoms with E-state index in [0.717, 1.165) is 0 Å². The summed E-state index contributed by atoms with van der Waals surface area (Å²) < 4.78 is 44.1. The Kier molecular flexibility index (Phi) is 9.04. The molecule has 1 heterocycles. The molecule has 0 amide bonds. The highest BCUT2D eigenvalue weighted by Crippen LogP contribution is 2.66. The fraction of sp³-hybridized carbons (Fsp3) is 0.444. The van der Waals surface area contributed by atoms with Crippen LogP contribution < -0.4 is 22.3 Å². The Bertz CT molecular complexity index is 1010. The van der Waals surface area contributed by atoms with Crippen LogP contribution in [0.5, 0.6) is 0 Å². The van der Waals surface area contributed by atoms with Gasteiger partial charge >= 0.3 is 23.5 Å². The summed E-state index contributed by atoms with van der Waals surface area (Å²) in [5.74, 6) is -1.81. The van der Waals surface area contributed by atoms with Gasteiger partial charge in [0.25, 0.3) is 5.56 Å². The lowest BCUT2D eigenvalue weighted by molar-refractivity contribution is -0.132. The van der Waals surface area contributed by atoms with Gasteiger partial charge in [-0.1, -0.05) is 0 Å². The zero-order valence-electron chi connectivity index (χ0n) is 15.0. The number of nitrogen functional groups attached to an aromatic ring is 2. The lowest BCUT2D eigenvalue weighted by Crippen LogP contribution is -2.40. The van der Waals surface area contributed by atoms with Crippen LogP contribution in [0.2, 0.25) is 0 Å². The Hall–Kier alpha value is -1.72. The molecule has 0 fully saturated rings. The normalized spacial score (nSPS) is 17.9. The number of phosphoric acid groups is 3. The molecule has 178 valence electrons. The molecule has 0 radical (unpaired) electrons. The van der Waals surface area contributed by atoms with E-state index in [1.54, 1.807) is 0 Å². The van der Waals surface area contributed by atoms with Crippen LogP contribution in [0.3, 0.4) is 0 Å². The number of Topliss-reactive ketones (excluding diaryl/α,β-unsaturated/α-hetero) is 1. The van der Waals surface area contributed by atoms with Crippen LogP contribution in [-0.4, -0.2) is 70.9 Å². The van der Waals surface area contributed by atoms with Crippen LogP contribution in [0.4, 0.5) is 17.5 Å². The molecule has 4 unspecified atom stereocenters. The largest absolute Gasteiger partial charge is 0.490 e. The molecule has 22 heteroatoms. The highest BCUT2D eigenvalue weighted by molar-refractivity contribution is 7.66. The van der Waals surface area contributed by atoms with Gasteiger partial charge in [0.2, 0.25) is 5.95 Å². The monoisotopic (exact) mass is 513 g/mol. The summed E-state index contributed by atoms with van der Waals surface area (Å²) in [6.45, 7) is -2.08. The van der Waals surface area contributed by atoms with Crippen molar-refractivity contribution < 1.29 is 61.4 Å². The third-order valence-corrected chi connectivity index (χ3v) is 6.72. The number of rotatable bonds is 12. The number of nitrogens with zero attached hydrogens (tertiary/aromatic N) is 1. The highest BCUT2D eigenvalue weighted by Gasteiger charge is 2.41. The fourth-order valence-electron chi connectivity index (χ4n) is 1.69. The standard InChI is InChI=1S/C9H18N5O14P3/c10-5-7(13-9(11)14-8(5)18)12-1-3(15)6(17)4(16)2-26-30(22,23)28-31(24,25)27-29(19,20)21/h4,6,16-17H,1-2,10H2,(H,22,23)(H,24,25)(H2,19,20,21)(H4,11,12,13,14,18). The number of aliphatic hydroxyl groups is 2. The Morgan fingerprint density at radius 1 is 1.10 bits per heavy atom. The molecule has 0 aliphatic rings. The predicted molar refractivity (Wildman–Crippen MR) is 99.0 cm³/mol. The number of carbonyl (C=O) groups excluding carboxylic acids is 1. The first kappa shape index (κ1) is 27.3. The van der Waals surface area contributed by atoms with E-state index in [4.69, 9.17) is 26.1 Å². The van der Waals surface area contributed by atoms with E-state index >= 15 is 0 Å². The molecule has 0 aliphatic heterocycles. The Morgan fingerprint density at radius 2 is 1.68 bits per heavy atom. The molecular weight excluding hydrogens is 495 g/mol. The highest BCUT2D eigenvalue weighted by atomic mass is 31.3. The molecule has 0 bridgehead atoms. The van der Waals surface area contributed by atoms with Gasteiger partial charge in [0.15, 0.2) is 11.6 Å². The van der Waals surface area contributed by atoms with Crippen molar-refractivity contribution in [3.8, 4) is 0 Å². The van der Waals surface area contributed by atoms with Gasteiger partial charge in [-0.3, -0.25) is 19.1 Å². The first-order chi connectivity index (χ1) is 13.9. The van der Waals surface area contributed by atoms with Crippen molar-refractivity contribution >= 4 is 46.7 Å². The molecule has 1 aromatic heterocycles. The zero-order chi connectivity index (χ0) is 24.2. The summed E-state index contributed by atoms with van der Waals surface area (Å²) in [6, 6.07) is 0. The van der Waals surface area contributed by atoms with Crippen molar-refractivity contribution in [2.24, 2.45) is 0 Å². The number of ketones is 1.